The molecule has 0 aliphatic carbocycles. The van der Waals surface area contributed by atoms with Gasteiger partial charge in [-0.25, -0.2) is 0 Å². The summed E-state index contributed by atoms with van der Waals surface area (Å²) in [6.07, 6.45) is 17.2. The van der Waals surface area contributed by atoms with E-state index < -0.39 is 0 Å². The van der Waals surface area contributed by atoms with Crippen LogP contribution in [0.4, 0.5) is 0 Å². The normalized spacial score (nSPS) is 12.7. The summed E-state index contributed by atoms with van der Waals surface area (Å²) in [5.74, 6) is 1.14. The molecule has 0 radical (unpaired) electrons. The van der Waals surface area contributed by atoms with E-state index in [9.17, 15) is 5.11 Å². The average Bonchev–Trinajstić information content (AvgIpc) is 3.19. The molecule has 0 saturated heterocycles. The number of benzene rings is 1. The van der Waals surface area contributed by atoms with Gasteiger partial charge in [-0.2, -0.15) is 0 Å². The fourth-order valence-electron chi connectivity index (χ4n) is 3.29. The summed E-state index contributed by atoms with van der Waals surface area (Å²) >= 11 is 6.17. The highest BCUT2D eigenvalue weighted by Gasteiger charge is 2.11. The monoisotopic (exact) mass is 418 g/mol. The predicted octanol–water partition coefficient (Wildman–Crippen LogP) is 7.16. The molecule has 1 aromatic carbocycles. The van der Waals surface area contributed by atoms with Crippen molar-refractivity contribution in [3.63, 3.8) is 0 Å². The molecule has 0 aliphatic heterocycles. The third-order valence-corrected chi connectivity index (χ3v) is 5.39. The number of hydrogen-bond donors (Lipinski definition) is 1. The van der Waals surface area contributed by atoms with Crippen molar-refractivity contribution in [2.24, 2.45) is 0 Å². The third kappa shape index (κ3) is 9.60. The van der Waals surface area contributed by atoms with Gasteiger partial charge in [-0.05, 0) is 50.7 Å². The Morgan fingerprint density at radius 3 is 2.59 bits per heavy atom. The molecule has 5 heteroatoms. The second-order valence-corrected chi connectivity index (χ2v) is 8.04. The van der Waals surface area contributed by atoms with Crippen LogP contribution in [0.1, 0.15) is 83.4 Å². The van der Waals surface area contributed by atoms with Crippen molar-refractivity contribution in [1.29, 1.82) is 0 Å². The summed E-state index contributed by atoms with van der Waals surface area (Å²) in [6, 6.07) is 7.49. The zero-order chi connectivity index (χ0) is 20.7. The minimum Gasteiger partial charge on any atom is -0.421 e. The van der Waals surface area contributed by atoms with Crippen LogP contribution in [-0.2, 0) is 6.42 Å². The van der Waals surface area contributed by atoms with Crippen molar-refractivity contribution in [2.45, 2.75) is 90.1 Å². The van der Waals surface area contributed by atoms with Gasteiger partial charge in [0.2, 0.25) is 11.8 Å². The maximum atomic E-state index is 10.1. The van der Waals surface area contributed by atoms with E-state index in [0.717, 1.165) is 56.9 Å². The van der Waals surface area contributed by atoms with Gasteiger partial charge in [0.05, 0.1) is 16.7 Å². The first-order valence-corrected chi connectivity index (χ1v) is 11.5. The minimum absolute atomic E-state index is 0.176. The molecular formula is C24H35ClN2O2. The Bertz CT molecular complexity index is 714. The molecule has 0 amide bonds. The van der Waals surface area contributed by atoms with Crippen LogP contribution in [0.15, 0.2) is 40.8 Å². The van der Waals surface area contributed by atoms with Gasteiger partial charge in [-0.1, -0.05) is 74.9 Å². The zero-order valence-electron chi connectivity index (χ0n) is 17.7. The number of hydrogen-bond acceptors (Lipinski definition) is 4. The second-order valence-electron chi connectivity index (χ2n) is 7.63. The van der Waals surface area contributed by atoms with Gasteiger partial charge in [0.1, 0.15) is 0 Å². The smallest absolute Gasteiger partial charge is 0.249 e. The van der Waals surface area contributed by atoms with E-state index in [0.29, 0.717) is 16.8 Å². The van der Waals surface area contributed by atoms with Gasteiger partial charge >= 0.3 is 0 Å². The van der Waals surface area contributed by atoms with E-state index in [1.807, 2.05) is 24.3 Å². The number of allylic oxidation sites excluding steroid dienone is 2. The highest BCUT2D eigenvalue weighted by molar-refractivity contribution is 6.33. The van der Waals surface area contributed by atoms with Crippen LogP contribution in [0.25, 0.3) is 11.5 Å². The van der Waals surface area contributed by atoms with Crippen LogP contribution < -0.4 is 0 Å². The molecular weight excluding hydrogens is 384 g/mol. The number of rotatable bonds is 15. The largest absolute Gasteiger partial charge is 0.421 e. The molecule has 0 bridgehead atoms. The van der Waals surface area contributed by atoms with Crippen LogP contribution in [0, 0.1) is 0 Å². The summed E-state index contributed by atoms with van der Waals surface area (Å²) in [4.78, 5) is 0. The van der Waals surface area contributed by atoms with Crippen LogP contribution in [0.2, 0.25) is 5.02 Å². The first-order valence-electron chi connectivity index (χ1n) is 11.1. The number of nitrogens with zero attached hydrogens (tertiary/aromatic N) is 2. The van der Waals surface area contributed by atoms with Gasteiger partial charge in [0.15, 0.2) is 0 Å². The molecule has 0 spiro atoms. The van der Waals surface area contributed by atoms with E-state index in [1.165, 1.54) is 25.7 Å². The molecule has 1 N–H and O–H groups in total. The Labute approximate surface area is 180 Å². The number of unbranched alkanes of at least 4 members (excludes halogenated alkanes) is 6. The van der Waals surface area contributed by atoms with Crippen LogP contribution >= 0.6 is 11.6 Å². The Balaban J connectivity index is 1.51. The Hall–Kier alpha value is -1.65. The summed E-state index contributed by atoms with van der Waals surface area (Å²) in [6.45, 7) is 2.23. The van der Waals surface area contributed by atoms with E-state index >= 15 is 0 Å². The third-order valence-electron chi connectivity index (χ3n) is 5.06. The molecule has 1 heterocycles. The van der Waals surface area contributed by atoms with Crippen LogP contribution in [-0.4, -0.2) is 21.4 Å². The molecule has 0 aliphatic rings. The van der Waals surface area contributed by atoms with Gasteiger partial charge in [0.25, 0.3) is 0 Å². The van der Waals surface area contributed by atoms with Gasteiger partial charge in [-0.3, -0.25) is 0 Å². The number of aliphatic hydroxyl groups excluding tert-OH is 1. The van der Waals surface area contributed by atoms with E-state index in [-0.39, 0.29) is 6.10 Å². The SMILES string of the molecule is CCCCC/C=C/CCC(O)CCCCCCc1nnc(-c2ccccc2Cl)o1. The fraction of sp³-hybridized carbons (Fsp3) is 0.583. The van der Waals surface area contributed by atoms with Crippen molar-refractivity contribution in [3.05, 3.63) is 47.3 Å². The quantitative estimate of drug-likeness (QED) is 0.246. The summed E-state index contributed by atoms with van der Waals surface area (Å²) in [7, 11) is 0. The number of halogens is 1. The standard InChI is InChI=1S/C24H35ClN2O2/c1-2-3-4-5-6-7-10-15-20(28)16-11-8-9-12-19-23-26-27-24(29-23)21-17-13-14-18-22(21)25/h6-7,13-14,17-18,20,28H,2-5,8-12,15-16,19H2,1H3/b7-6+. The van der Waals surface area contributed by atoms with Gasteiger partial charge < -0.3 is 9.52 Å². The lowest BCUT2D eigenvalue weighted by atomic mass is 10.0. The molecule has 160 valence electrons. The zero-order valence-corrected chi connectivity index (χ0v) is 18.4. The lowest BCUT2D eigenvalue weighted by Crippen LogP contribution is -2.05. The highest BCUT2D eigenvalue weighted by Crippen LogP contribution is 2.26. The Morgan fingerprint density at radius 1 is 0.966 bits per heavy atom. The topological polar surface area (TPSA) is 59.2 Å². The predicted molar refractivity (Wildman–Crippen MR) is 120 cm³/mol. The molecule has 0 saturated carbocycles. The first kappa shape index (κ1) is 23.6. The van der Waals surface area contributed by atoms with Crippen molar-refractivity contribution in [3.8, 4) is 11.5 Å². The molecule has 4 nitrogen and oxygen atoms in total. The van der Waals surface area contributed by atoms with Crippen molar-refractivity contribution < 1.29 is 9.52 Å². The maximum Gasteiger partial charge on any atom is 0.249 e. The molecule has 0 fully saturated rings. The molecule has 2 aromatic rings. The number of aryl methyl sites for hydroxylation is 1. The van der Waals surface area contributed by atoms with Crippen molar-refractivity contribution in [1.82, 2.24) is 10.2 Å². The summed E-state index contributed by atoms with van der Waals surface area (Å²) in [5.41, 5.74) is 0.776. The molecule has 1 aromatic heterocycles. The van der Waals surface area contributed by atoms with Crippen LogP contribution in [0.5, 0.6) is 0 Å². The number of aliphatic hydroxyl groups is 1. The molecule has 29 heavy (non-hydrogen) atoms. The Kier molecular flexibility index (Phi) is 11.7. The Morgan fingerprint density at radius 2 is 1.76 bits per heavy atom. The van der Waals surface area contributed by atoms with Crippen LogP contribution in [0.3, 0.4) is 0 Å². The maximum absolute atomic E-state index is 10.1. The lowest BCUT2D eigenvalue weighted by Gasteiger charge is -2.08. The van der Waals surface area contributed by atoms with E-state index in [4.69, 9.17) is 16.0 Å². The average molecular weight is 419 g/mol. The summed E-state index contributed by atoms with van der Waals surface area (Å²) < 4.78 is 5.73. The summed E-state index contributed by atoms with van der Waals surface area (Å²) in [5, 5.41) is 18.9. The lowest BCUT2D eigenvalue weighted by molar-refractivity contribution is 0.152. The van der Waals surface area contributed by atoms with Crippen molar-refractivity contribution in [2.75, 3.05) is 0 Å². The molecule has 2 rings (SSSR count). The highest BCUT2D eigenvalue weighted by atomic mass is 35.5. The van der Waals surface area contributed by atoms with Gasteiger partial charge in [0, 0.05) is 6.42 Å². The van der Waals surface area contributed by atoms with E-state index in [1.54, 1.807) is 0 Å². The second kappa shape index (κ2) is 14.4. The fourth-order valence-corrected chi connectivity index (χ4v) is 3.51. The van der Waals surface area contributed by atoms with Gasteiger partial charge in [-0.15, -0.1) is 10.2 Å². The number of aromatic nitrogens is 2. The first-order chi connectivity index (χ1) is 14.2. The minimum atomic E-state index is -0.176. The molecule has 1 atom stereocenters. The van der Waals surface area contributed by atoms with E-state index in [2.05, 4.69) is 29.3 Å². The molecule has 1 unspecified atom stereocenters. The van der Waals surface area contributed by atoms with Crippen molar-refractivity contribution >= 4 is 11.6 Å².